The average molecular weight is 507 g/mol. The third-order valence-corrected chi connectivity index (χ3v) is 6.36. The molecule has 0 bridgehead atoms. The molecule has 4 aromatic rings. The summed E-state index contributed by atoms with van der Waals surface area (Å²) in [5.41, 5.74) is 2.02. The van der Waals surface area contributed by atoms with Crippen LogP contribution in [0.15, 0.2) is 55.2 Å². The minimum absolute atomic E-state index is 0.00806. The number of carbonyl (C=O) groups is 2. The number of aliphatic hydroxyl groups is 1. The summed E-state index contributed by atoms with van der Waals surface area (Å²) in [5, 5.41) is 16.1. The molecule has 0 aliphatic carbocycles. The number of ketones is 1. The molecule has 1 aliphatic rings. The van der Waals surface area contributed by atoms with E-state index < -0.39 is 0 Å². The molecule has 1 saturated heterocycles. The number of halogens is 1. The molecule has 184 valence electrons. The summed E-state index contributed by atoms with van der Waals surface area (Å²) in [6, 6.07) is 7.87. The molecule has 10 nitrogen and oxygen atoms in total. The van der Waals surface area contributed by atoms with Crippen LogP contribution >= 0.6 is 11.6 Å². The van der Waals surface area contributed by atoms with Crippen LogP contribution in [0.2, 0.25) is 5.02 Å². The minimum Gasteiger partial charge on any atom is -0.394 e. The number of H-pyrrole nitrogens is 1. The summed E-state index contributed by atoms with van der Waals surface area (Å²) in [5.74, 6) is -0.178. The quantitative estimate of drug-likeness (QED) is 0.279. The number of aromatic amines is 1. The van der Waals surface area contributed by atoms with E-state index >= 15 is 0 Å². The van der Waals surface area contributed by atoms with E-state index in [2.05, 4.69) is 30.6 Å². The van der Waals surface area contributed by atoms with Crippen molar-refractivity contribution in [2.45, 2.75) is 25.0 Å². The number of fused-ring (bicyclic) bond motifs is 1. The van der Waals surface area contributed by atoms with E-state index in [9.17, 15) is 14.7 Å². The summed E-state index contributed by atoms with van der Waals surface area (Å²) in [6.07, 6.45) is 7.49. The SMILES string of the molecule is O=C(Nc1ccncc1)c1ccc(C(=O)c2c[nH]c3ncnc(N[C@H]4CC[C@H](CO)OC4)c23)c(Cl)c1. The van der Waals surface area contributed by atoms with E-state index in [1.807, 2.05) is 0 Å². The zero-order valence-corrected chi connectivity index (χ0v) is 19.8. The fourth-order valence-corrected chi connectivity index (χ4v) is 4.40. The largest absolute Gasteiger partial charge is 0.394 e. The zero-order chi connectivity index (χ0) is 25.1. The predicted octanol–water partition coefficient (Wildman–Crippen LogP) is 3.44. The van der Waals surface area contributed by atoms with E-state index in [4.69, 9.17) is 16.3 Å². The zero-order valence-electron chi connectivity index (χ0n) is 19.1. The lowest BCUT2D eigenvalue weighted by Gasteiger charge is -2.29. The highest BCUT2D eigenvalue weighted by atomic mass is 35.5. The van der Waals surface area contributed by atoms with Crippen LogP contribution in [0, 0.1) is 0 Å². The number of hydrogen-bond acceptors (Lipinski definition) is 8. The Morgan fingerprint density at radius 1 is 1.14 bits per heavy atom. The number of nitrogens with one attached hydrogen (secondary N) is 3. The Labute approximate surface area is 211 Å². The number of rotatable bonds is 7. The van der Waals surface area contributed by atoms with Gasteiger partial charge in [0.1, 0.15) is 17.8 Å². The molecule has 2 atom stereocenters. The van der Waals surface area contributed by atoms with Crippen molar-refractivity contribution < 1.29 is 19.4 Å². The highest BCUT2D eigenvalue weighted by Gasteiger charge is 2.25. The van der Waals surface area contributed by atoms with Gasteiger partial charge in [0.05, 0.1) is 41.3 Å². The molecule has 1 aromatic carbocycles. The molecular weight excluding hydrogens is 484 g/mol. The molecular formula is C25H23ClN6O4. The third-order valence-electron chi connectivity index (χ3n) is 6.04. The lowest BCUT2D eigenvalue weighted by Crippen LogP contribution is -2.36. The number of anilines is 2. The fraction of sp³-hybridized carbons (Fsp3) is 0.240. The average Bonchev–Trinajstić information content (AvgIpc) is 3.34. The van der Waals surface area contributed by atoms with Crippen LogP contribution in [0.3, 0.4) is 0 Å². The number of benzene rings is 1. The summed E-state index contributed by atoms with van der Waals surface area (Å²) in [7, 11) is 0. The molecule has 1 amide bonds. The van der Waals surface area contributed by atoms with Crippen molar-refractivity contribution in [3.05, 3.63) is 77.0 Å². The Kier molecular flexibility index (Phi) is 6.90. The topological polar surface area (TPSA) is 142 Å². The fourth-order valence-electron chi connectivity index (χ4n) is 4.13. The van der Waals surface area contributed by atoms with E-state index in [0.29, 0.717) is 40.3 Å². The van der Waals surface area contributed by atoms with E-state index in [-0.39, 0.29) is 41.0 Å². The van der Waals surface area contributed by atoms with Gasteiger partial charge in [-0.1, -0.05) is 11.6 Å². The Bertz CT molecular complexity index is 1400. The van der Waals surface area contributed by atoms with Crippen molar-refractivity contribution in [3.8, 4) is 0 Å². The second kappa shape index (κ2) is 10.4. The Morgan fingerprint density at radius 2 is 1.97 bits per heavy atom. The van der Waals surface area contributed by atoms with Crippen LogP contribution in [0.5, 0.6) is 0 Å². The van der Waals surface area contributed by atoms with E-state index in [0.717, 1.165) is 12.8 Å². The predicted molar refractivity (Wildman–Crippen MR) is 134 cm³/mol. The van der Waals surface area contributed by atoms with Gasteiger partial charge in [0.25, 0.3) is 5.91 Å². The first-order valence-corrected chi connectivity index (χ1v) is 11.8. The molecule has 1 fully saturated rings. The molecule has 0 spiro atoms. The maximum absolute atomic E-state index is 13.5. The normalized spacial score (nSPS) is 17.6. The van der Waals surface area contributed by atoms with E-state index in [1.165, 1.54) is 18.5 Å². The molecule has 5 rings (SSSR count). The Hall–Kier alpha value is -3.86. The summed E-state index contributed by atoms with van der Waals surface area (Å²) >= 11 is 6.46. The summed E-state index contributed by atoms with van der Waals surface area (Å²) in [4.78, 5) is 41.6. The van der Waals surface area contributed by atoms with Gasteiger partial charge >= 0.3 is 0 Å². The number of aliphatic hydroxyl groups excluding tert-OH is 1. The third kappa shape index (κ3) is 4.92. The number of carbonyl (C=O) groups excluding carboxylic acids is 2. The molecule has 11 heteroatoms. The van der Waals surface area contributed by atoms with Gasteiger partial charge in [-0.25, -0.2) is 9.97 Å². The maximum Gasteiger partial charge on any atom is 0.255 e. The van der Waals surface area contributed by atoms with Gasteiger partial charge in [0.2, 0.25) is 0 Å². The lowest BCUT2D eigenvalue weighted by molar-refractivity contribution is -0.0224. The monoisotopic (exact) mass is 506 g/mol. The highest BCUT2D eigenvalue weighted by Crippen LogP contribution is 2.29. The van der Waals surface area contributed by atoms with E-state index in [1.54, 1.807) is 36.8 Å². The summed E-state index contributed by atoms with van der Waals surface area (Å²) in [6.45, 7) is 0.408. The van der Waals surface area contributed by atoms with Crippen molar-refractivity contribution in [2.24, 2.45) is 0 Å². The first kappa shape index (κ1) is 23.9. The smallest absolute Gasteiger partial charge is 0.255 e. The van der Waals surface area contributed by atoms with Crippen molar-refractivity contribution in [1.29, 1.82) is 0 Å². The van der Waals surface area contributed by atoms with Crippen molar-refractivity contribution in [1.82, 2.24) is 19.9 Å². The number of aromatic nitrogens is 4. The van der Waals surface area contributed by atoms with Crippen LogP contribution in [0.25, 0.3) is 11.0 Å². The number of nitrogens with zero attached hydrogens (tertiary/aromatic N) is 3. The van der Waals surface area contributed by atoms with Gasteiger partial charge in [-0.3, -0.25) is 14.6 Å². The van der Waals surface area contributed by atoms with Crippen molar-refractivity contribution in [3.63, 3.8) is 0 Å². The molecule has 0 radical (unpaired) electrons. The Morgan fingerprint density at radius 3 is 2.69 bits per heavy atom. The number of ether oxygens (including phenoxy) is 1. The lowest BCUT2D eigenvalue weighted by atomic mass is 10.0. The molecule has 0 unspecified atom stereocenters. The van der Waals surface area contributed by atoms with Gasteiger partial charge in [-0.15, -0.1) is 0 Å². The molecule has 36 heavy (non-hydrogen) atoms. The van der Waals surface area contributed by atoms with Crippen LogP contribution in [-0.4, -0.2) is 62.1 Å². The maximum atomic E-state index is 13.5. The molecule has 4 heterocycles. The van der Waals surface area contributed by atoms with Gasteiger partial charge in [-0.05, 0) is 43.2 Å². The number of pyridine rings is 1. The minimum atomic E-state index is -0.354. The van der Waals surface area contributed by atoms with Crippen LogP contribution < -0.4 is 10.6 Å². The van der Waals surface area contributed by atoms with Crippen LogP contribution in [0.1, 0.15) is 39.1 Å². The highest BCUT2D eigenvalue weighted by molar-refractivity contribution is 6.36. The van der Waals surface area contributed by atoms with Crippen molar-refractivity contribution >= 4 is 45.8 Å². The first-order chi connectivity index (χ1) is 17.5. The Balaban J connectivity index is 1.38. The molecule has 0 saturated carbocycles. The molecule has 4 N–H and O–H groups in total. The second-order valence-corrected chi connectivity index (χ2v) is 8.83. The second-order valence-electron chi connectivity index (χ2n) is 8.42. The van der Waals surface area contributed by atoms with Crippen LogP contribution in [0.4, 0.5) is 11.5 Å². The first-order valence-electron chi connectivity index (χ1n) is 11.4. The summed E-state index contributed by atoms with van der Waals surface area (Å²) < 4.78 is 5.65. The van der Waals surface area contributed by atoms with Crippen LogP contribution in [-0.2, 0) is 4.74 Å². The van der Waals surface area contributed by atoms with Gasteiger partial charge in [0.15, 0.2) is 5.78 Å². The standard InChI is InChI=1S/C25H23ClN6O4/c26-20-9-14(25(35)32-15-5-7-27-8-6-15)1-4-18(20)22(34)19-10-28-23-21(19)24(30-13-29-23)31-16-2-3-17(11-33)36-12-16/h1,4-10,13,16-17,33H,2-3,11-12H2,(H,27,32,35)(H2,28,29,30,31)/t16-,17+/m0/s1. The van der Waals surface area contributed by atoms with Gasteiger partial charge < -0.3 is 25.5 Å². The van der Waals surface area contributed by atoms with Gasteiger partial charge in [0, 0.05) is 35.4 Å². The van der Waals surface area contributed by atoms with Crippen molar-refractivity contribution in [2.75, 3.05) is 23.8 Å². The number of amides is 1. The van der Waals surface area contributed by atoms with Gasteiger partial charge in [-0.2, -0.15) is 0 Å². The molecule has 1 aliphatic heterocycles. The molecule has 3 aromatic heterocycles. The number of hydrogen-bond donors (Lipinski definition) is 4.